The van der Waals surface area contributed by atoms with Gasteiger partial charge in [-0.2, -0.15) is 0 Å². The number of nitrogens with one attached hydrogen (secondary N) is 1. The quantitative estimate of drug-likeness (QED) is 0.905. The summed E-state index contributed by atoms with van der Waals surface area (Å²) in [4.78, 5) is 27.0. The average molecular weight is 289 g/mol. The molecule has 5 heteroatoms. The lowest BCUT2D eigenvalue weighted by atomic mass is 10.1. The van der Waals surface area contributed by atoms with Gasteiger partial charge in [0.2, 0.25) is 11.8 Å². The minimum absolute atomic E-state index is 0.0906. The first-order chi connectivity index (χ1) is 10.1. The highest BCUT2D eigenvalue weighted by molar-refractivity contribution is 5.78. The molecular weight excluding hydrogens is 266 g/mol. The summed E-state index contributed by atoms with van der Waals surface area (Å²) in [5, 5.41) is 2.66. The molecule has 1 saturated heterocycles. The van der Waals surface area contributed by atoms with Gasteiger partial charge >= 0.3 is 0 Å². The van der Waals surface area contributed by atoms with Gasteiger partial charge < -0.3 is 15.1 Å². The number of hydrogen-bond donors (Lipinski definition) is 1. The van der Waals surface area contributed by atoms with Gasteiger partial charge in [0.1, 0.15) is 0 Å². The number of nitrogens with zero attached hydrogens (tertiary/aromatic N) is 2. The third-order valence-electron chi connectivity index (χ3n) is 3.80. The highest BCUT2D eigenvalue weighted by Crippen LogP contribution is 2.20. The van der Waals surface area contributed by atoms with Gasteiger partial charge in [-0.05, 0) is 18.6 Å². The maximum absolute atomic E-state index is 12.0. The molecule has 1 heterocycles. The number of anilines is 1. The molecule has 114 valence electrons. The number of rotatable bonds is 4. The van der Waals surface area contributed by atoms with Crippen molar-refractivity contribution >= 4 is 17.5 Å². The molecule has 0 atom stereocenters. The standard InChI is InChI=1S/C16H23N3O2/c1-13-5-3-4-6-15(13)18-9-11-19(12-10-18)16(21)7-8-17-14(2)20/h3-6H,7-12H2,1-2H3,(H,17,20). The Hall–Kier alpha value is -2.04. The number of aryl methyl sites for hydroxylation is 1. The molecule has 0 unspecified atom stereocenters. The molecule has 1 aromatic rings. The molecule has 2 rings (SSSR count). The van der Waals surface area contributed by atoms with Crippen LogP contribution in [0.5, 0.6) is 0 Å². The van der Waals surface area contributed by atoms with E-state index in [4.69, 9.17) is 0 Å². The summed E-state index contributed by atoms with van der Waals surface area (Å²) in [6.07, 6.45) is 0.379. The van der Waals surface area contributed by atoms with Gasteiger partial charge in [0.25, 0.3) is 0 Å². The number of benzene rings is 1. The Morgan fingerprint density at radius 2 is 1.81 bits per heavy atom. The first-order valence-corrected chi connectivity index (χ1v) is 7.40. The molecule has 0 radical (unpaired) electrons. The van der Waals surface area contributed by atoms with Crippen LogP contribution < -0.4 is 10.2 Å². The average Bonchev–Trinajstić information content (AvgIpc) is 2.47. The van der Waals surface area contributed by atoms with E-state index >= 15 is 0 Å². The lowest BCUT2D eigenvalue weighted by Crippen LogP contribution is -2.49. The fraction of sp³-hybridized carbons (Fsp3) is 0.500. The van der Waals surface area contributed by atoms with Gasteiger partial charge in [-0.15, -0.1) is 0 Å². The predicted octanol–water partition coefficient (Wildman–Crippen LogP) is 1.17. The van der Waals surface area contributed by atoms with Gasteiger partial charge in [0, 0.05) is 51.8 Å². The van der Waals surface area contributed by atoms with E-state index in [9.17, 15) is 9.59 Å². The Balaban J connectivity index is 1.82. The normalized spacial score (nSPS) is 15.0. The molecule has 2 amide bonds. The van der Waals surface area contributed by atoms with Crippen molar-refractivity contribution in [3.8, 4) is 0 Å². The second-order valence-corrected chi connectivity index (χ2v) is 5.39. The van der Waals surface area contributed by atoms with Crippen LogP contribution in [0.4, 0.5) is 5.69 Å². The van der Waals surface area contributed by atoms with Gasteiger partial charge in [-0.25, -0.2) is 0 Å². The zero-order valence-corrected chi connectivity index (χ0v) is 12.8. The Morgan fingerprint density at radius 1 is 1.14 bits per heavy atom. The third-order valence-corrected chi connectivity index (χ3v) is 3.80. The minimum Gasteiger partial charge on any atom is -0.368 e. The van der Waals surface area contributed by atoms with Crippen molar-refractivity contribution in [2.24, 2.45) is 0 Å². The second kappa shape index (κ2) is 7.11. The van der Waals surface area contributed by atoms with Crippen molar-refractivity contribution < 1.29 is 9.59 Å². The molecule has 1 fully saturated rings. The van der Waals surface area contributed by atoms with Crippen LogP contribution in [-0.4, -0.2) is 49.4 Å². The molecular formula is C16H23N3O2. The lowest BCUT2D eigenvalue weighted by Gasteiger charge is -2.36. The molecule has 0 aliphatic carbocycles. The highest BCUT2D eigenvalue weighted by Gasteiger charge is 2.21. The van der Waals surface area contributed by atoms with Crippen LogP contribution >= 0.6 is 0 Å². The summed E-state index contributed by atoms with van der Waals surface area (Å²) in [5.74, 6) is 0.0281. The van der Waals surface area contributed by atoms with Crippen molar-refractivity contribution in [1.82, 2.24) is 10.2 Å². The first kappa shape index (κ1) is 15.4. The summed E-state index contributed by atoms with van der Waals surface area (Å²) >= 11 is 0. The van der Waals surface area contributed by atoms with Crippen molar-refractivity contribution in [2.75, 3.05) is 37.6 Å². The Kier molecular flexibility index (Phi) is 5.20. The van der Waals surface area contributed by atoms with Gasteiger partial charge in [0.05, 0.1) is 0 Å². The number of carbonyl (C=O) groups is 2. The molecule has 0 bridgehead atoms. The van der Waals surface area contributed by atoms with Gasteiger partial charge in [-0.3, -0.25) is 9.59 Å². The first-order valence-electron chi connectivity index (χ1n) is 7.40. The zero-order chi connectivity index (χ0) is 15.2. The van der Waals surface area contributed by atoms with Crippen molar-refractivity contribution in [1.29, 1.82) is 0 Å². The largest absolute Gasteiger partial charge is 0.368 e. The van der Waals surface area contributed by atoms with Gasteiger partial charge in [-0.1, -0.05) is 18.2 Å². The fourth-order valence-corrected chi connectivity index (χ4v) is 2.62. The third kappa shape index (κ3) is 4.21. The number of piperazine rings is 1. The van der Waals surface area contributed by atoms with E-state index in [-0.39, 0.29) is 11.8 Å². The SMILES string of the molecule is CC(=O)NCCC(=O)N1CCN(c2ccccc2C)CC1. The van der Waals surface area contributed by atoms with Crippen LogP contribution in [0.15, 0.2) is 24.3 Å². The summed E-state index contributed by atoms with van der Waals surface area (Å²) in [7, 11) is 0. The van der Waals surface area contributed by atoms with E-state index in [2.05, 4.69) is 29.3 Å². The number of amides is 2. The number of hydrogen-bond acceptors (Lipinski definition) is 3. The van der Waals surface area contributed by atoms with Crippen molar-refractivity contribution in [3.63, 3.8) is 0 Å². The molecule has 1 aliphatic heterocycles. The summed E-state index contributed by atoms with van der Waals surface area (Å²) in [6.45, 7) is 7.20. The topological polar surface area (TPSA) is 52.7 Å². The van der Waals surface area contributed by atoms with E-state index in [1.54, 1.807) is 0 Å². The van der Waals surface area contributed by atoms with Crippen LogP contribution in [0.25, 0.3) is 0 Å². The maximum atomic E-state index is 12.0. The highest BCUT2D eigenvalue weighted by atomic mass is 16.2. The molecule has 0 aromatic heterocycles. The van der Waals surface area contributed by atoms with E-state index in [0.717, 1.165) is 26.2 Å². The molecule has 21 heavy (non-hydrogen) atoms. The van der Waals surface area contributed by atoms with Crippen LogP contribution in [0, 0.1) is 6.92 Å². The minimum atomic E-state index is -0.0906. The van der Waals surface area contributed by atoms with E-state index in [0.29, 0.717) is 13.0 Å². The zero-order valence-electron chi connectivity index (χ0n) is 12.8. The van der Waals surface area contributed by atoms with Crippen LogP contribution in [0.1, 0.15) is 18.9 Å². The number of carbonyl (C=O) groups excluding carboxylic acids is 2. The van der Waals surface area contributed by atoms with Crippen molar-refractivity contribution in [2.45, 2.75) is 20.3 Å². The molecule has 1 aromatic carbocycles. The summed E-state index contributed by atoms with van der Waals surface area (Å²) in [5.41, 5.74) is 2.52. The van der Waals surface area contributed by atoms with Crippen LogP contribution in [-0.2, 0) is 9.59 Å². The predicted molar refractivity (Wildman–Crippen MR) is 83.3 cm³/mol. The van der Waals surface area contributed by atoms with E-state index in [1.165, 1.54) is 18.2 Å². The van der Waals surface area contributed by atoms with E-state index < -0.39 is 0 Å². The fourth-order valence-electron chi connectivity index (χ4n) is 2.62. The molecule has 1 N–H and O–H groups in total. The van der Waals surface area contributed by atoms with Crippen molar-refractivity contribution in [3.05, 3.63) is 29.8 Å². The molecule has 0 spiro atoms. The smallest absolute Gasteiger partial charge is 0.224 e. The van der Waals surface area contributed by atoms with Gasteiger partial charge in [0.15, 0.2) is 0 Å². The number of para-hydroxylation sites is 1. The van der Waals surface area contributed by atoms with Crippen LogP contribution in [0.2, 0.25) is 0 Å². The molecule has 0 saturated carbocycles. The Bertz CT molecular complexity index is 508. The monoisotopic (exact) mass is 289 g/mol. The molecule has 5 nitrogen and oxygen atoms in total. The van der Waals surface area contributed by atoms with Crippen LogP contribution in [0.3, 0.4) is 0 Å². The Labute approximate surface area is 125 Å². The summed E-state index contributed by atoms with van der Waals surface area (Å²) in [6, 6.07) is 8.33. The second-order valence-electron chi connectivity index (χ2n) is 5.39. The lowest BCUT2D eigenvalue weighted by molar-refractivity contribution is -0.131. The Morgan fingerprint density at radius 3 is 2.43 bits per heavy atom. The summed E-state index contributed by atoms with van der Waals surface area (Å²) < 4.78 is 0. The maximum Gasteiger partial charge on any atom is 0.224 e. The van der Waals surface area contributed by atoms with E-state index in [1.807, 2.05) is 17.0 Å². The molecule has 1 aliphatic rings.